The number of carbonyl (C=O) groups excluding carboxylic acids is 1. The van der Waals surface area contributed by atoms with E-state index in [4.69, 9.17) is 9.47 Å². The van der Waals surface area contributed by atoms with Crippen LogP contribution in [0.25, 0.3) is 0 Å². The predicted octanol–water partition coefficient (Wildman–Crippen LogP) is 2.69. The minimum absolute atomic E-state index is 0.0897. The molecule has 0 bridgehead atoms. The molecule has 0 aliphatic carbocycles. The Balaban J connectivity index is 2.17. The van der Waals surface area contributed by atoms with E-state index < -0.39 is 10.8 Å². The number of Topliss-reactive ketones (excluding diaryl/α,β-unsaturated/α-hetero) is 1. The van der Waals surface area contributed by atoms with E-state index in [9.17, 15) is 9.00 Å². The highest BCUT2D eigenvalue weighted by Gasteiger charge is 2.16. The molecule has 1 atom stereocenters. The standard InChI is InChI=1S/C16H16O4S/c1-19-12-6-5-7-13(10-12)21(18)11-15(17)14-8-3-4-9-16(14)20-2/h3-10H,11H2,1-2H3. The molecule has 2 aromatic rings. The number of ether oxygens (including phenoxy) is 2. The van der Waals surface area contributed by atoms with E-state index in [0.717, 1.165) is 0 Å². The molecule has 0 aliphatic rings. The maximum absolute atomic E-state index is 12.3. The van der Waals surface area contributed by atoms with Gasteiger partial charge in [-0.2, -0.15) is 0 Å². The maximum atomic E-state index is 12.3. The zero-order valence-corrected chi connectivity index (χ0v) is 12.7. The zero-order valence-electron chi connectivity index (χ0n) is 11.9. The molecule has 0 saturated carbocycles. The largest absolute Gasteiger partial charge is 0.497 e. The van der Waals surface area contributed by atoms with Crippen molar-refractivity contribution in [1.29, 1.82) is 0 Å². The average molecular weight is 304 g/mol. The Labute approximate surface area is 126 Å². The van der Waals surface area contributed by atoms with Gasteiger partial charge in [-0.15, -0.1) is 0 Å². The molecule has 21 heavy (non-hydrogen) atoms. The van der Waals surface area contributed by atoms with Crippen molar-refractivity contribution in [3.8, 4) is 11.5 Å². The van der Waals surface area contributed by atoms with E-state index in [2.05, 4.69) is 0 Å². The van der Waals surface area contributed by atoms with Crippen molar-refractivity contribution in [3.05, 3.63) is 54.1 Å². The number of hydrogen-bond donors (Lipinski definition) is 0. The van der Waals surface area contributed by atoms with Crippen molar-refractivity contribution in [2.24, 2.45) is 0 Å². The van der Waals surface area contributed by atoms with Gasteiger partial charge in [-0.25, -0.2) is 0 Å². The number of methoxy groups -OCH3 is 2. The Morgan fingerprint density at radius 1 is 1.05 bits per heavy atom. The van der Waals surface area contributed by atoms with Gasteiger partial charge in [0.15, 0.2) is 5.78 Å². The summed E-state index contributed by atoms with van der Waals surface area (Å²) in [4.78, 5) is 12.8. The third kappa shape index (κ3) is 3.70. The third-order valence-electron chi connectivity index (χ3n) is 2.97. The van der Waals surface area contributed by atoms with Gasteiger partial charge in [0.25, 0.3) is 0 Å². The van der Waals surface area contributed by atoms with Gasteiger partial charge in [0.2, 0.25) is 0 Å². The molecule has 4 nitrogen and oxygen atoms in total. The molecular formula is C16H16O4S. The highest BCUT2D eigenvalue weighted by Crippen LogP contribution is 2.20. The molecule has 2 rings (SSSR count). The average Bonchev–Trinajstić information content (AvgIpc) is 2.54. The minimum atomic E-state index is -1.42. The molecule has 1 unspecified atom stereocenters. The lowest BCUT2D eigenvalue weighted by atomic mass is 10.1. The normalized spacial score (nSPS) is 11.7. The van der Waals surface area contributed by atoms with E-state index in [1.165, 1.54) is 7.11 Å². The molecule has 0 aliphatic heterocycles. The number of ketones is 1. The molecule has 0 saturated heterocycles. The Hall–Kier alpha value is -2.14. The van der Waals surface area contributed by atoms with Crippen LogP contribution >= 0.6 is 0 Å². The first-order valence-electron chi connectivity index (χ1n) is 6.34. The molecule has 0 spiro atoms. The van der Waals surface area contributed by atoms with Crippen molar-refractivity contribution < 1.29 is 18.5 Å². The van der Waals surface area contributed by atoms with Crippen LogP contribution in [0.15, 0.2) is 53.4 Å². The quantitative estimate of drug-likeness (QED) is 0.770. The topological polar surface area (TPSA) is 52.6 Å². The van der Waals surface area contributed by atoms with Gasteiger partial charge >= 0.3 is 0 Å². The van der Waals surface area contributed by atoms with Gasteiger partial charge in [0, 0.05) is 4.90 Å². The van der Waals surface area contributed by atoms with E-state index in [1.807, 2.05) is 0 Å². The molecule has 0 fully saturated rings. The second-order valence-electron chi connectivity index (χ2n) is 4.29. The smallest absolute Gasteiger partial charge is 0.179 e. The number of para-hydroxylation sites is 1. The summed E-state index contributed by atoms with van der Waals surface area (Å²) >= 11 is 0. The lowest BCUT2D eigenvalue weighted by Crippen LogP contribution is -2.12. The van der Waals surface area contributed by atoms with Crippen LogP contribution < -0.4 is 9.47 Å². The van der Waals surface area contributed by atoms with Crippen LogP contribution in [-0.4, -0.2) is 30.0 Å². The van der Waals surface area contributed by atoms with Gasteiger partial charge in [-0.1, -0.05) is 18.2 Å². The Kier molecular flexibility index (Phi) is 5.11. The number of benzene rings is 2. The maximum Gasteiger partial charge on any atom is 0.179 e. The van der Waals surface area contributed by atoms with Crippen LogP contribution in [0.5, 0.6) is 11.5 Å². The monoisotopic (exact) mass is 304 g/mol. The predicted molar refractivity (Wildman–Crippen MR) is 81.6 cm³/mol. The lowest BCUT2D eigenvalue weighted by Gasteiger charge is -2.08. The first-order chi connectivity index (χ1) is 10.2. The second-order valence-corrected chi connectivity index (χ2v) is 5.74. The van der Waals surface area contributed by atoms with E-state index in [0.29, 0.717) is 22.0 Å². The van der Waals surface area contributed by atoms with Crippen LogP contribution in [0, 0.1) is 0 Å². The van der Waals surface area contributed by atoms with Gasteiger partial charge in [-0.05, 0) is 30.3 Å². The number of rotatable bonds is 6. The van der Waals surface area contributed by atoms with Gasteiger partial charge in [0.05, 0.1) is 36.3 Å². The molecule has 0 aromatic heterocycles. The molecule has 0 radical (unpaired) electrons. The van der Waals surface area contributed by atoms with Crippen LogP contribution in [-0.2, 0) is 10.8 Å². The summed E-state index contributed by atoms with van der Waals surface area (Å²) in [6.07, 6.45) is 0. The van der Waals surface area contributed by atoms with Gasteiger partial charge in [-0.3, -0.25) is 9.00 Å². The van der Waals surface area contributed by atoms with Crippen LogP contribution in [0.3, 0.4) is 0 Å². The first-order valence-corrected chi connectivity index (χ1v) is 7.66. The fourth-order valence-electron chi connectivity index (χ4n) is 1.90. The van der Waals surface area contributed by atoms with Crippen molar-refractivity contribution in [1.82, 2.24) is 0 Å². The van der Waals surface area contributed by atoms with Crippen LogP contribution in [0.4, 0.5) is 0 Å². The highest BCUT2D eigenvalue weighted by atomic mass is 32.2. The molecular weight excluding hydrogens is 288 g/mol. The fourth-order valence-corrected chi connectivity index (χ4v) is 2.94. The summed E-state index contributed by atoms with van der Waals surface area (Å²) in [6.45, 7) is 0. The molecule has 0 heterocycles. The molecule has 110 valence electrons. The molecule has 2 aromatic carbocycles. The van der Waals surface area contributed by atoms with Crippen molar-refractivity contribution in [2.75, 3.05) is 20.0 Å². The molecule has 5 heteroatoms. The van der Waals surface area contributed by atoms with Crippen molar-refractivity contribution in [2.45, 2.75) is 4.90 Å². The SMILES string of the molecule is COc1cccc(S(=O)CC(=O)c2ccccc2OC)c1. The summed E-state index contributed by atoms with van der Waals surface area (Å²) in [5.74, 6) is 0.803. The highest BCUT2D eigenvalue weighted by molar-refractivity contribution is 7.85. The summed E-state index contributed by atoms with van der Waals surface area (Å²) in [5, 5.41) is 0. The van der Waals surface area contributed by atoms with Crippen molar-refractivity contribution >= 4 is 16.6 Å². The Morgan fingerprint density at radius 3 is 2.52 bits per heavy atom. The fraction of sp³-hybridized carbons (Fsp3) is 0.188. The summed E-state index contributed by atoms with van der Waals surface area (Å²) in [6, 6.07) is 13.8. The second kappa shape index (κ2) is 7.04. The van der Waals surface area contributed by atoms with Gasteiger partial charge < -0.3 is 9.47 Å². The summed E-state index contributed by atoms with van der Waals surface area (Å²) in [7, 11) is 1.63. The summed E-state index contributed by atoms with van der Waals surface area (Å²) in [5.41, 5.74) is 0.441. The minimum Gasteiger partial charge on any atom is -0.497 e. The Bertz CT molecular complexity index is 667. The van der Waals surface area contributed by atoms with E-state index in [1.54, 1.807) is 55.6 Å². The first kappa shape index (κ1) is 15.3. The van der Waals surface area contributed by atoms with Gasteiger partial charge in [0.1, 0.15) is 11.5 Å². The third-order valence-corrected chi connectivity index (χ3v) is 4.28. The van der Waals surface area contributed by atoms with Crippen LogP contribution in [0.2, 0.25) is 0 Å². The molecule has 0 N–H and O–H groups in total. The van der Waals surface area contributed by atoms with Crippen LogP contribution in [0.1, 0.15) is 10.4 Å². The number of hydrogen-bond acceptors (Lipinski definition) is 4. The summed E-state index contributed by atoms with van der Waals surface area (Å²) < 4.78 is 22.5. The molecule has 0 amide bonds. The van der Waals surface area contributed by atoms with E-state index >= 15 is 0 Å². The Morgan fingerprint density at radius 2 is 1.81 bits per heavy atom. The van der Waals surface area contributed by atoms with Crippen molar-refractivity contribution in [3.63, 3.8) is 0 Å². The zero-order chi connectivity index (χ0) is 15.2. The lowest BCUT2D eigenvalue weighted by molar-refractivity contribution is 0.101. The number of carbonyl (C=O) groups is 1. The van der Waals surface area contributed by atoms with E-state index in [-0.39, 0.29) is 11.5 Å².